The Morgan fingerprint density at radius 3 is 2.76 bits per heavy atom. The predicted octanol–water partition coefficient (Wildman–Crippen LogP) is 4.49. The standard InChI is InChI=1S/C26H26N6O/c1-17-22-9-7-20(15-24(22)31(2)30-17)23-16-25(29-26(28-23)32-10-12-33-13-11-32)27-21-8-6-18-4-3-5-19(18)14-21/h3-4,6-9,14-16H,5,10-13H2,1-2H3,(H,27,28,29). The Morgan fingerprint density at radius 1 is 1.00 bits per heavy atom. The molecule has 0 radical (unpaired) electrons. The molecular weight excluding hydrogens is 412 g/mol. The summed E-state index contributed by atoms with van der Waals surface area (Å²) in [5.41, 5.74) is 7.72. The molecule has 33 heavy (non-hydrogen) atoms. The van der Waals surface area contributed by atoms with Gasteiger partial charge in [0.1, 0.15) is 5.82 Å². The fourth-order valence-electron chi connectivity index (χ4n) is 4.63. The molecule has 0 atom stereocenters. The zero-order valence-electron chi connectivity index (χ0n) is 18.9. The molecule has 1 aliphatic heterocycles. The number of rotatable bonds is 4. The summed E-state index contributed by atoms with van der Waals surface area (Å²) in [5.74, 6) is 1.51. The van der Waals surface area contributed by atoms with Crippen molar-refractivity contribution >= 4 is 34.4 Å². The van der Waals surface area contributed by atoms with E-state index < -0.39 is 0 Å². The first-order valence-electron chi connectivity index (χ1n) is 11.4. The third-order valence-electron chi connectivity index (χ3n) is 6.39. The molecule has 2 aromatic heterocycles. The summed E-state index contributed by atoms with van der Waals surface area (Å²) in [6, 6.07) is 14.9. The van der Waals surface area contributed by atoms with Crippen molar-refractivity contribution in [1.82, 2.24) is 19.7 Å². The molecular formula is C26H26N6O. The van der Waals surface area contributed by atoms with Crippen LogP contribution in [0.5, 0.6) is 0 Å². The lowest BCUT2D eigenvalue weighted by molar-refractivity contribution is 0.122. The topological polar surface area (TPSA) is 68.1 Å². The van der Waals surface area contributed by atoms with Crippen molar-refractivity contribution in [3.63, 3.8) is 0 Å². The van der Waals surface area contributed by atoms with Gasteiger partial charge in [-0.1, -0.05) is 30.4 Å². The van der Waals surface area contributed by atoms with Crippen LogP contribution in [0.3, 0.4) is 0 Å². The van der Waals surface area contributed by atoms with E-state index in [1.807, 2.05) is 24.7 Å². The molecule has 3 heterocycles. The summed E-state index contributed by atoms with van der Waals surface area (Å²) in [7, 11) is 1.98. The van der Waals surface area contributed by atoms with Gasteiger partial charge in [-0.05, 0) is 42.7 Å². The van der Waals surface area contributed by atoms with E-state index in [2.05, 4.69) is 63.9 Å². The highest BCUT2D eigenvalue weighted by molar-refractivity contribution is 5.86. The maximum atomic E-state index is 5.54. The number of aromatic nitrogens is 4. The number of morpholine rings is 1. The summed E-state index contributed by atoms with van der Waals surface area (Å²) in [4.78, 5) is 12.0. The van der Waals surface area contributed by atoms with Crippen molar-refractivity contribution in [2.75, 3.05) is 36.5 Å². The van der Waals surface area contributed by atoms with Crippen LogP contribution in [0.15, 0.2) is 48.5 Å². The molecule has 1 N–H and O–H groups in total. The number of allylic oxidation sites excluding steroid dienone is 1. The van der Waals surface area contributed by atoms with Gasteiger partial charge in [0.05, 0.1) is 30.1 Å². The van der Waals surface area contributed by atoms with E-state index in [-0.39, 0.29) is 0 Å². The minimum atomic E-state index is 0.689. The van der Waals surface area contributed by atoms with Crippen molar-refractivity contribution in [2.45, 2.75) is 13.3 Å². The Morgan fingerprint density at radius 2 is 1.88 bits per heavy atom. The van der Waals surface area contributed by atoms with Crippen molar-refractivity contribution in [2.24, 2.45) is 7.05 Å². The van der Waals surface area contributed by atoms with Gasteiger partial charge in [0.2, 0.25) is 5.95 Å². The van der Waals surface area contributed by atoms with Gasteiger partial charge in [-0.25, -0.2) is 4.98 Å². The predicted molar refractivity (Wildman–Crippen MR) is 132 cm³/mol. The van der Waals surface area contributed by atoms with Crippen LogP contribution >= 0.6 is 0 Å². The first kappa shape index (κ1) is 19.9. The second-order valence-electron chi connectivity index (χ2n) is 8.62. The average molecular weight is 439 g/mol. The first-order chi connectivity index (χ1) is 16.1. The van der Waals surface area contributed by atoms with Crippen LogP contribution in [-0.4, -0.2) is 46.1 Å². The molecule has 0 saturated carbocycles. The van der Waals surface area contributed by atoms with Gasteiger partial charge in [-0.15, -0.1) is 0 Å². The molecule has 2 aliphatic rings. The van der Waals surface area contributed by atoms with Crippen LogP contribution in [0.1, 0.15) is 16.8 Å². The van der Waals surface area contributed by atoms with Gasteiger partial charge in [0, 0.05) is 42.8 Å². The zero-order valence-corrected chi connectivity index (χ0v) is 18.9. The van der Waals surface area contributed by atoms with Crippen LogP contribution in [0.25, 0.3) is 28.2 Å². The molecule has 1 fully saturated rings. The monoisotopic (exact) mass is 438 g/mol. The molecule has 7 heteroatoms. The number of hydrogen-bond donors (Lipinski definition) is 1. The highest BCUT2D eigenvalue weighted by atomic mass is 16.5. The maximum Gasteiger partial charge on any atom is 0.228 e. The second kappa shape index (κ2) is 8.01. The van der Waals surface area contributed by atoms with Gasteiger partial charge in [-0.2, -0.15) is 10.1 Å². The average Bonchev–Trinajstić information content (AvgIpc) is 3.42. The normalized spacial score (nSPS) is 15.3. The first-order valence-corrected chi connectivity index (χ1v) is 11.4. The number of fused-ring (bicyclic) bond motifs is 2. The summed E-state index contributed by atoms with van der Waals surface area (Å²) >= 11 is 0. The molecule has 166 valence electrons. The maximum absolute atomic E-state index is 5.54. The summed E-state index contributed by atoms with van der Waals surface area (Å²) < 4.78 is 7.47. The van der Waals surface area contributed by atoms with Crippen LogP contribution in [0.2, 0.25) is 0 Å². The lowest BCUT2D eigenvalue weighted by atomic mass is 10.1. The molecule has 4 aromatic rings. The minimum absolute atomic E-state index is 0.689. The highest BCUT2D eigenvalue weighted by Crippen LogP contribution is 2.30. The van der Waals surface area contributed by atoms with Crippen molar-refractivity contribution in [1.29, 1.82) is 0 Å². The molecule has 0 unspecified atom stereocenters. The zero-order chi connectivity index (χ0) is 22.4. The van der Waals surface area contributed by atoms with E-state index in [0.29, 0.717) is 13.2 Å². The van der Waals surface area contributed by atoms with E-state index in [1.165, 1.54) is 11.1 Å². The van der Waals surface area contributed by atoms with Crippen LogP contribution < -0.4 is 10.2 Å². The van der Waals surface area contributed by atoms with Gasteiger partial charge < -0.3 is 15.0 Å². The quantitative estimate of drug-likeness (QED) is 0.506. The lowest BCUT2D eigenvalue weighted by Crippen LogP contribution is -2.37. The number of hydrogen-bond acceptors (Lipinski definition) is 6. The Hall–Kier alpha value is -3.71. The van der Waals surface area contributed by atoms with Crippen molar-refractivity contribution in [3.8, 4) is 11.3 Å². The smallest absolute Gasteiger partial charge is 0.228 e. The number of nitrogens with zero attached hydrogens (tertiary/aromatic N) is 5. The van der Waals surface area contributed by atoms with Crippen LogP contribution in [0.4, 0.5) is 17.5 Å². The molecule has 1 aliphatic carbocycles. The van der Waals surface area contributed by atoms with Gasteiger partial charge in [-0.3, -0.25) is 4.68 Å². The third-order valence-corrected chi connectivity index (χ3v) is 6.39. The fourth-order valence-corrected chi connectivity index (χ4v) is 4.63. The molecule has 0 amide bonds. The van der Waals surface area contributed by atoms with Crippen molar-refractivity contribution in [3.05, 3.63) is 65.4 Å². The van der Waals surface area contributed by atoms with E-state index >= 15 is 0 Å². The largest absolute Gasteiger partial charge is 0.378 e. The number of anilines is 3. The fraction of sp³-hybridized carbons (Fsp3) is 0.269. The van der Waals surface area contributed by atoms with Gasteiger partial charge in [0.25, 0.3) is 0 Å². The van der Waals surface area contributed by atoms with Crippen LogP contribution in [-0.2, 0) is 18.2 Å². The van der Waals surface area contributed by atoms with Crippen LogP contribution in [0, 0.1) is 6.92 Å². The van der Waals surface area contributed by atoms with E-state index in [9.17, 15) is 0 Å². The second-order valence-corrected chi connectivity index (χ2v) is 8.62. The number of nitrogens with one attached hydrogen (secondary N) is 1. The Bertz CT molecular complexity index is 1380. The van der Waals surface area contributed by atoms with E-state index in [4.69, 9.17) is 14.7 Å². The molecule has 7 nitrogen and oxygen atoms in total. The Kier molecular flexibility index (Phi) is 4.84. The Labute approximate surface area is 192 Å². The lowest BCUT2D eigenvalue weighted by Gasteiger charge is -2.27. The Balaban J connectivity index is 1.41. The molecule has 0 spiro atoms. The van der Waals surface area contributed by atoms with E-state index in [1.54, 1.807) is 0 Å². The summed E-state index contributed by atoms with van der Waals surface area (Å²) in [6.07, 6.45) is 5.35. The van der Waals surface area contributed by atoms with Crippen molar-refractivity contribution < 1.29 is 4.74 Å². The van der Waals surface area contributed by atoms with Gasteiger partial charge >= 0.3 is 0 Å². The molecule has 0 bridgehead atoms. The third kappa shape index (κ3) is 3.74. The summed E-state index contributed by atoms with van der Waals surface area (Å²) in [5, 5.41) is 9.24. The molecule has 2 aromatic carbocycles. The number of benzene rings is 2. The highest BCUT2D eigenvalue weighted by Gasteiger charge is 2.17. The number of ether oxygens (including phenoxy) is 1. The molecule has 6 rings (SSSR count). The SMILES string of the molecule is Cc1nn(C)c2cc(-c3cc(Nc4ccc5c(c4)CC=C5)nc(N4CCOCC4)n3)ccc12. The number of aryl methyl sites for hydroxylation is 2. The minimum Gasteiger partial charge on any atom is -0.378 e. The van der Waals surface area contributed by atoms with E-state index in [0.717, 1.165) is 64.8 Å². The van der Waals surface area contributed by atoms with Gasteiger partial charge in [0.15, 0.2) is 0 Å². The summed E-state index contributed by atoms with van der Waals surface area (Å²) in [6.45, 7) is 4.99. The molecule has 1 saturated heterocycles.